The molecule has 3 rings (SSSR count). The highest BCUT2D eigenvalue weighted by molar-refractivity contribution is 6.08. The Morgan fingerprint density at radius 3 is 2.48 bits per heavy atom. The molecule has 0 saturated heterocycles. The molecule has 0 aliphatic rings. The summed E-state index contributed by atoms with van der Waals surface area (Å²) in [6, 6.07) is 7.84. The predicted molar refractivity (Wildman–Crippen MR) is 109 cm³/mol. The monoisotopic (exact) mass is 368 g/mol. The number of carbonyl (C=O) groups is 1. The summed E-state index contributed by atoms with van der Waals surface area (Å²) in [5.74, 6) is -0.0335. The lowest BCUT2D eigenvalue weighted by Gasteiger charge is -2.19. The van der Waals surface area contributed by atoms with Crippen LogP contribution in [0.5, 0.6) is 0 Å². The Balaban J connectivity index is 2.22. The number of nitrogens with two attached hydrogens (primary N) is 1. The molecule has 2 N–H and O–H groups in total. The van der Waals surface area contributed by atoms with E-state index in [9.17, 15) is 4.79 Å². The number of benzene rings is 1. The lowest BCUT2D eigenvalue weighted by atomic mass is 10.1. The summed E-state index contributed by atoms with van der Waals surface area (Å²) in [5.41, 5.74) is 9.53. The van der Waals surface area contributed by atoms with Gasteiger partial charge in [0.25, 0.3) is 0 Å². The van der Waals surface area contributed by atoms with Gasteiger partial charge in [-0.15, -0.1) is 0 Å². The normalized spacial score (nSPS) is 12.6. The third-order valence-electron chi connectivity index (χ3n) is 4.99. The summed E-state index contributed by atoms with van der Waals surface area (Å²) in [7, 11) is 0. The Kier molecular flexibility index (Phi) is 5.94. The zero-order valence-electron chi connectivity index (χ0n) is 16.4. The lowest BCUT2D eigenvalue weighted by molar-refractivity contribution is 0.0529. The summed E-state index contributed by atoms with van der Waals surface area (Å²) in [6.45, 7) is 6.41. The van der Waals surface area contributed by atoms with Crippen LogP contribution in [0, 0.1) is 0 Å². The van der Waals surface area contributed by atoms with Gasteiger partial charge in [0.2, 0.25) is 0 Å². The van der Waals surface area contributed by atoms with Gasteiger partial charge in [0.1, 0.15) is 16.9 Å². The maximum absolute atomic E-state index is 12.6. The molecule has 0 fully saturated rings. The molecule has 0 amide bonds. The van der Waals surface area contributed by atoms with Crippen molar-refractivity contribution in [3.8, 4) is 0 Å². The molecule has 3 aromatic rings. The molecule has 0 aliphatic carbocycles. The van der Waals surface area contributed by atoms with Gasteiger partial charge in [0.15, 0.2) is 5.65 Å². The average Bonchev–Trinajstić information content (AvgIpc) is 2.95. The molecule has 0 saturated carbocycles. The number of rotatable bonds is 8. The van der Waals surface area contributed by atoms with E-state index in [1.54, 1.807) is 6.92 Å². The van der Waals surface area contributed by atoms with Crippen LogP contribution in [0.4, 0.5) is 5.82 Å². The minimum absolute atomic E-state index is 0.178. The molecule has 6 heteroatoms. The van der Waals surface area contributed by atoms with E-state index in [2.05, 4.69) is 13.8 Å². The van der Waals surface area contributed by atoms with Crippen LogP contribution in [0.2, 0.25) is 0 Å². The first-order valence-electron chi connectivity index (χ1n) is 9.85. The molecule has 2 heterocycles. The molecule has 144 valence electrons. The number of fused-ring (bicyclic) bond motifs is 2. The number of unbranched alkanes of at least 4 members (excludes halogenated alkanes) is 2. The van der Waals surface area contributed by atoms with Crippen molar-refractivity contribution in [2.75, 3.05) is 12.3 Å². The molecule has 0 spiro atoms. The number of hydrogen-bond donors (Lipinski definition) is 1. The molecule has 6 nitrogen and oxygen atoms in total. The van der Waals surface area contributed by atoms with Gasteiger partial charge >= 0.3 is 5.97 Å². The largest absolute Gasteiger partial charge is 0.462 e. The number of aromatic nitrogens is 3. The van der Waals surface area contributed by atoms with Gasteiger partial charge in [-0.3, -0.25) is 0 Å². The molecule has 0 radical (unpaired) electrons. The zero-order valence-corrected chi connectivity index (χ0v) is 16.4. The van der Waals surface area contributed by atoms with Crippen LogP contribution in [-0.2, 0) is 4.74 Å². The molecular weight excluding hydrogens is 340 g/mol. The van der Waals surface area contributed by atoms with Crippen molar-refractivity contribution in [3.05, 3.63) is 29.8 Å². The molecule has 27 heavy (non-hydrogen) atoms. The summed E-state index contributed by atoms with van der Waals surface area (Å²) < 4.78 is 7.25. The van der Waals surface area contributed by atoms with E-state index in [0.717, 1.165) is 36.7 Å². The van der Waals surface area contributed by atoms with Crippen LogP contribution >= 0.6 is 0 Å². The Morgan fingerprint density at radius 2 is 1.85 bits per heavy atom. The van der Waals surface area contributed by atoms with E-state index in [1.165, 1.54) is 6.42 Å². The number of nitrogen functional groups attached to an aromatic ring is 1. The van der Waals surface area contributed by atoms with Crippen LogP contribution in [-0.4, -0.2) is 27.1 Å². The molecule has 2 aromatic heterocycles. The molecule has 1 aromatic carbocycles. The lowest BCUT2D eigenvalue weighted by Crippen LogP contribution is -2.14. The van der Waals surface area contributed by atoms with Gasteiger partial charge in [-0.25, -0.2) is 14.8 Å². The topological polar surface area (TPSA) is 83.0 Å². The number of anilines is 1. The second-order valence-electron chi connectivity index (χ2n) is 6.79. The Hall–Kier alpha value is -2.63. The van der Waals surface area contributed by atoms with Crippen molar-refractivity contribution < 1.29 is 9.53 Å². The van der Waals surface area contributed by atoms with E-state index in [0.29, 0.717) is 29.2 Å². The summed E-state index contributed by atoms with van der Waals surface area (Å²) >= 11 is 0. The quantitative estimate of drug-likeness (QED) is 0.453. The van der Waals surface area contributed by atoms with Crippen LogP contribution in [0.15, 0.2) is 24.3 Å². The van der Waals surface area contributed by atoms with Crippen molar-refractivity contribution in [2.24, 2.45) is 0 Å². The molecular formula is C21H28N4O2. The number of para-hydroxylation sites is 2. The fraction of sp³-hybridized carbons (Fsp3) is 0.476. The number of hydrogen-bond acceptors (Lipinski definition) is 5. The van der Waals surface area contributed by atoms with Crippen molar-refractivity contribution in [1.82, 2.24) is 14.5 Å². The predicted octanol–water partition coefficient (Wildman–Crippen LogP) is 4.87. The van der Waals surface area contributed by atoms with Gasteiger partial charge < -0.3 is 15.0 Å². The molecule has 0 bridgehead atoms. The molecule has 0 aliphatic heterocycles. The van der Waals surface area contributed by atoms with Crippen molar-refractivity contribution in [2.45, 2.75) is 58.9 Å². The van der Waals surface area contributed by atoms with Crippen molar-refractivity contribution in [1.29, 1.82) is 0 Å². The highest BCUT2D eigenvalue weighted by Gasteiger charge is 2.27. The maximum atomic E-state index is 12.6. The smallest absolute Gasteiger partial charge is 0.344 e. The fourth-order valence-corrected chi connectivity index (χ4v) is 3.60. The second-order valence-corrected chi connectivity index (χ2v) is 6.79. The maximum Gasteiger partial charge on any atom is 0.344 e. The van der Waals surface area contributed by atoms with E-state index in [1.807, 2.05) is 28.8 Å². The minimum atomic E-state index is -0.438. The molecule has 0 unspecified atom stereocenters. The van der Waals surface area contributed by atoms with Crippen LogP contribution in [0.3, 0.4) is 0 Å². The van der Waals surface area contributed by atoms with Gasteiger partial charge in [0.05, 0.1) is 17.6 Å². The van der Waals surface area contributed by atoms with Crippen molar-refractivity contribution >= 4 is 34.0 Å². The van der Waals surface area contributed by atoms with Crippen LogP contribution in [0.1, 0.15) is 69.3 Å². The van der Waals surface area contributed by atoms with Crippen LogP contribution < -0.4 is 5.73 Å². The second kappa shape index (κ2) is 8.37. The number of ether oxygens (including phenoxy) is 1. The van der Waals surface area contributed by atoms with Crippen LogP contribution in [0.25, 0.3) is 22.2 Å². The van der Waals surface area contributed by atoms with E-state index in [4.69, 9.17) is 20.4 Å². The number of esters is 1. The minimum Gasteiger partial charge on any atom is -0.462 e. The highest BCUT2D eigenvalue weighted by atomic mass is 16.5. The van der Waals surface area contributed by atoms with E-state index >= 15 is 0 Å². The third-order valence-corrected chi connectivity index (χ3v) is 4.99. The highest BCUT2D eigenvalue weighted by Crippen LogP contribution is 2.34. The van der Waals surface area contributed by atoms with Gasteiger partial charge in [-0.05, 0) is 31.9 Å². The Labute approximate surface area is 159 Å². The van der Waals surface area contributed by atoms with Gasteiger partial charge in [-0.1, -0.05) is 45.2 Å². The Morgan fingerprint density at radius 1 is 1.15 bits per heavy atom. The first-order valence-corrected chi connectivity index (χ1v) is 9.85. The Bertz CT molecular complexity index is 948. The first-order chi connectivity index (χ1) is 13.1. The first kappa shape index (κ1) is 19.1. The van der Waals surface area contributed by atoms with Gasteiger partial charge in [0, 0.05) is 6.04 Å². The third kappa shape index (κ3) is 3.61. The van der Waals surface area contributed by atoms with Gasteiger partial charge in [-0.2, -0.15) is 0 Å². The summed E-state index contributed by atoms with van der Waals surface area (Å²) in [6.07, 6.45) is 5.36. The van der Waals surface area contributed by atoms with E-state index < -0.39 is 5.97 Å². The van der Waals surface area contributed by atoms with Crippen molar-refractivity contribution in [3.63, 3.8) is 0 Å². The van der Waals surface area contributed by atoms with E-state index in [-0.39, 0.29) is 6.04 Å². The standard InChI is InChI=1S/C21H28N4O2/c1-4-7-8-11-14(5-2)25-19(22)17(21(26)27-6-3)18-20(25)24-16-13-10-9-12-15(16)23-18/h9-10,12-14H,4-8,11,22H2,1-3H3/t14-/m1/s1. The number of nitrogens with zero attached hydrogens (tertiary/aromatic N) is 3. The molecule has 1 atom stereocenters. The average molecular weight is 368 g/mol. The zero-order chi connectivity index (χ0) is 19.4. The fourth-order valence-electron chi connectivity index (χ4n) is 3.60. The number of carbonyl (C=O) groups excluding carboxylic acids is 1. The SMILES string of the molecule is CCCCC[C@@H](CC)n1c(N)c(C(=O)OCC)c2nc3ccccc3nc21. The summed E-state index contributed by atoms with van der Waals surface area (Å²) in [5, 5.41) is 0. The summed E-state index contributed by atoms with van der Waals surface area (Å²) in [4.78, 5) is 22.1.